The third-order valence-electron chi connectivity index (χ3n) is 18.1. The minimum atomic E-state index is -2.47. The van der Waals surface area contributed by atoms with Crippen LogP contribution in [-0.4, -0.2) is 18.7 Å². The third-order valence-corrected chi connectivity index (χ3v) is 20.2. The maximum atomic E-state index is 9.00. The SMILES string of the molecule is [2H]C([2H])([2H])c1cc(-n2c3[c-]c(Oc4[c-]c(-n5[c](=[Pt])n(-c6c(-c7ccccc7)cccc6-c6cc(C(C)(C)C)cc(C(C)(C)C)c6)c6ccccc65)ccc4)ccc3c3cc4c(cc32)C2(c3ccccc3Sc3ccccc32)c2ccccc2-4)ncc1-c1ccccc1. The number of aromatic nitrogens is 4. The van der Waals surface area contributed by atoms with Crippen molar-refractivity contribution >= 4 is 44.6 Å². The number of imidazole rings is 1. The molecular formula is C82H62N4OPtS-2. The minimum absolute atomic E-state index is 0.0826. The van der Waals surface area contributed by atoms with Crippen LogP contribution < -0.4 is 4.74 Å². The zero-order chi connectivity index (χ0) is 63.0. The van der Waals surface area contributed by atoms with E-state index in [1.165, 1.54) is 48.7 Å². The Morgan fingerprint density at radius 1 is 0.461 bits per heavy atom. The topological polar surface area (TPSA) is 36.9 Å². The minimum Gasteiger partial charge on any atom is -0.0894 e. The number of nitrogens with zero attached hydrogens (tertiary/aromatic N) is 4. The Bertz CT molecular complexity index is 5320. The zero-order valence-electron chi connectivity index (χ0n) is 53.1. The van der Waals surface area contributed by atoms with Crippen LogP contribution in [0.5, 0.6) is 11.5 Å². The van der Waals surface area contributed by atoms with Gasteiger partial charge in [-0.2, -0.15) is 0 Å². The monoisotopic (exact) mass is 1350 g/mol. The van der Waals surface area contributed by atoms with E-state index in [9.17, 15) is 0 Å². The summed E-state index contributed by atoms with van der Waals surface area (Å²) in [6.45, 7) is 11.3. The summed E-state index contributed by atoms with van der Waals surface area (Å²) < 4.78 is 41.7. The molecular weight excluding hydrogens is 1280 g/mol. The van der Waals surface area contributed by atoms with Gasteiger partial charge >= 0.3 is 346 Å². The van der Waals surface area contributed by atoms with Crippen molar-refractivity contribution in [3.8, 4) is 73.2 Å². The molecule has 2 aliphatic rings. The van der Waals surface area contributed by atoms with Crippen molar-refractivity contribution < 1.29 is 28.2 Å². The molecule has 1 aliphatic heterocycles. The molecule has 0 bridgehead atoms. The first-order chi connectivity index (χ1) is 44.4. The van der Waals surface area contributed by atoms with Gasteiger partial charge in [0.05, 0.1) is 5.41 Å². The molecule has 5 nitrogen and oxygen atoms in total. The number of fused-ring (bicyclic) bond motifs is 13. The van der Waals surface area contributed by atoms with Crippen molar-refractivity contribution in [2.24, 2.45) is 0 Å². The molecule has 14 aromatic rings. The summed E-state index contributed by atoms with van der Waals surface area (Å²) in [4.78, 5) is 7.62. The van der Waals surface area contributed by atoms with Crippen LogP contribution in [0.25, 0.3) is 94.5 Å². The number of pyridine rings is 1. The average Bonchev–Trinajstić information content (AvgIpc) is 1.49. The molecule has 0 radical (unpaired) electrons. The third kappa shape index (κ3) is 8.85. The summed E-state index contributed by atoms with van der Waals surface area (Å²) in [6.07, 6.45) is 1.71. The Kier molecular flexibility index (Phi) is 12.1. The van der Waals surface area contributed by atoms with Crippen LogP contribution in [-0.2, 0) is 35.6 Å². The summed E-state index contributed by atoms with van der Waals surface area (Å²) in [5.41, 5.74) is 20.5. The van der Waals surface area contributed by atoms with Crippen LogP contribution in [0, 0.1) is 22.8 Å². The number of ether oxygens (including phenoxy) is 1. The molecule has 1 aliphatic carbocycles. The van der Waals surface area contributed by atoms with Gasteiger partial charge < -0.3 is 0 Å². The number of para-hydroxylation sites is 3. The molecule has 4 heterocycles. The second-order valence-corrected chi connectivity index (χ2v) is 27.5. The van der Waals surface area contributed by atoms with Crippen LogP contribution in [0.1, 0.15) is 84.6 Å². The van der Waals surface area contributed by atoms with E-state index in [1.54, 1.807) is 12.3 Å². The van der Waals surface area contributed by atoms with Gasteiger partial charge in [-0.1, -0.05) is 103 Å². The normalized spacial score (nSPS) is 13.9. The molecule has 0 saturated heterocycles. The molecule has 0 N–H and O–H groups in total. The molecule has 3 aromatic heterocycles. The molecule has 0 unspecified atom stereocenters. The molecule has 11 aromatic carbocycles. The fourth-order valence-electron chi connectivity index (χ4n) is 13.8. The smallest absolute Gasteiger partial charge is 0.0894 e. The second-order valence-electron chi connectivity index (χ2n) is 25.4. The standard InChI is InChI=1S/C82H62N4OS.Pt/c1-52-42-78(83-50-67(52)54-26-12-9-13-27-54)86-74-47-60(40-41-64(74)66-48-65-63-30-14-15-33-68(63)82(71(65)49-75(66)86)69-34-16-20-38-76(69)88-77-39-21-17-35-70(77)82)87-59-29-22-28-58(46-59)84-51-85(73-37-19-18-36-72(73)84)79-61(53-24-10-8-11-25-53)31-23-32-62(79)55-43-56(80(2,3)4)45-57(44-55)81(5,6)7;/h8-45,48-50H,1-7H3;/q-2;/i1D3;. The van der Waals surface area contributed by atoms with Gasteiger partial charge in [0.2, 0.25) is 0 Å². The predicted octanol–water partition coefficient (Wildman–Crippen LogP) is 21.1. The Balaban J connectivity index is 0.881. The predicted molar refractivity (Wildman–Crippen MR) is 362 cm³/mol. The van der Waals surface area contributed by atoms with E-state index in [1.807, 2.05) is 60.3 Å². The Morgan fingerprint density at radius 3 is 1.71 bits per heavy atom. The number of rotatable bonds is 8. The molecule has 1 spiro atoms. The Hall–Kier alpha value is -9.32. The molecule has 0 atom stereocenters. The Labute approximate surface area is 539 Å². The van der Waals surface area contributed by atoms with Gasteiger partial charge in [0.1, 0.15) is 0 Å². The van der Waals surface area contributed by atoms with Gasteiger partial charge in [0, 0.05) is 25.7 Å². The number of hydrogen-bond acceptors (Lipinski definition) is 3. The summed E-state index contributed by atoms with van der Waals surface area (Å²) in [7, 11) is 0. The fourth-order valence-corrected chi connectivity index (χ4v) is 16.1. The van der Waals surface area contributed by atoms with E-state index in [4.69, 9.17) is 13.8 Å². The quantitative estimate of drug-likeness (QED) is 0.142. The van der Waals surface area contributed by atoms with Crippen molar-refractivity contribution in [1.29, 1.82) is 0 Å². The van der Waals surface area contributed by atoms with Gasteiger partial charge in [0.15, 0.2) is 0 Å². The first-order valence-electron chi connectivity index (χ1n) is 31.8. The van der Waals surface area contributed by atoms with Crippen LogP contribution in [0.2, 0.25) is 0 Å². The van der Waals surface area contributed by atoms with Crippen LogP contribution in [0.3, 0.4) is 0 Å². The van der Waals surface area contributed by atoms with Gasteiger partial charge in [-0.25, -0.2) is 0 Å². The molecule has 434 valence electrons. The molecule has 89 heavy (non-hydrogen) atoms. The fraction of sp³-hybridized carbons (Fsp3) is 0.122. The van der Waals surface area contributed by atoms with Crippen molar-refractivity contribution in [2.75, 3.05) is 0 Å². The first-order valence-corrected chi connectivity index (χ1v) is 32.2. The van der Waals surface area contributed by atoms with Crippen molar-refractivity contribution in [3.63, 3.8) is 0 Å². The molecule has 0 fully saturated rings. The number of hydrogen-bond donors (Lipinski definition) is 0. The first kappa shape index (κ1) is 51.7. The average molecular weight is 1350 g/mol. The van der Waals surface area contributed by atoms with E-state index < -0.39 is 12.3 Å². The molecule has 0 saturated carbocycles. The maximum absolute atomic E-state index is 9.00. The van der Waals surface area contributed by atoms with Crippen LogP contribution >= 0.6 is 11.8 Å². The van der Waals surface area contributed by atoms with E-state index in [-0.39, 0.29) is 16.4 Å². The summed E-state index contributed by atoms with van der Waals surface area (Å²) in [5, 5.41) is 1.90. The number of aryl methyl sites for hydroxylation is 1. The number of benzene rings is 11. The summed E-state index contributed by atoms with van der Waals surface area (Å²) >= 11 is 4.31. The van der Waals surface area contributed by atoms with Crippen LogP contribution in [0.4, 0.5) is 0 Å². The van der Waals surface area contributed by atoms with E-state index in [0.717, 1.165) is 75.9 Å². The van der Waals surface area contributed by atoms with E-state index in [2.05, 4.69) is 275 Å². The van der Waals surface area contributed by atoms with Crippen LogP contribution in [0.15, 0.2) is 259 Å². The van der Waals surface area contributed by atoms with Gasteiger partial charge in [-0.05, 0) is 63.5 Å². The van der Waals surface area contributed by atoms with Gasteiger partial charge in [-0.15, -0.1) is 0 Å². The van der Waals surface area contributed by atoms with Crippen molar-refractivity contribution in [1.82, 2.24) is 18.7 Å². The van der Waals surface area contributed by atoms with Crippen molar-refractivity contribution in [2.45, 2.75) is 74.4 Å². The second kappa shape index (κ2) is 20.9. The zero-order valence-corrected chi connectivity index (χ0v) is 53.2. The van der Waals surface area contributed by atoms with Gasteiger partial charge in [0.25, 0.3) is 0 Å². The summed E-state index contributed by atoms with van der Waals surface area (Å²) in [6, 6.07) is 93.3. The van der Waals surface area contributed by atoms with E-state index in [0.29, 0.717) is 28.4 Å². The van der Waals surface area contributed by atoms with Gasteiger partial charge in [-0.3, -0.25) is 0 Å². The van der Waals surface area contributed by atoms with Crippen molar-refractivity contribution in [3.05, 3.63) is 304 Å². The van der Waals surface area contributed by atoms with E-state index >= 15 is 0 Å². The molecule has 7 heteroatoms. The molecule has 0 amide bonds. The Morgan fingerprint density at radius 2 is 1.03 bits per heavy atom. The molecule has 16 rings (SSSR count). The summed E-state index contributed by atoms with van der Waals surface area (Å²) in [5.74, 6) is 1.42.